The van der Waals surface area contributed by atoms with Crippen LogP contribution in [0, 0.1) is 5.92 Å². The van der Waals surface area contributed by atoms with Gasteiger partial charge in [0.05, 0.1) is 12.8 Å². The first kappa shape index (κ1) is 24.6. The van der Waals surface area contributed by atoms with Gasteiger partial charge in [-0.1, -0.05) is 11.8 Å². The molecule has 184 valence electrons. The molecule has 1 aliphatic carbocycles. The van der Waals surface area contributed by atoms with Crippen LogP contribution >= 0.6 is 11.8 Å². The number of amides is 1. The first-order valence-corrected chi connectivity index (χ1v) is 13.1. The third-order valence-corrected chi connectivity index (χ3v) is 7.27. The highest BCUT2D eigenvalue weighted by atomic mass is 32.2. The quantitative estimate of drug-likeness (QED) is 0.537. The molecule has 0 unspecified atom stereocenters. The molecule has 1 aliphatic heterocycles. The van der Waals surface area contributed by atoms with Gasteiger partial charge in [-0.25, -0.2) is 14.8 Å². The molecule has 0 radical (unpaired) electrons. The van der Waals surface area contributed by atoms with Crippen LogP contribution in [0.3, 0.4) is 0 Å². The van der Waals surface area contributed by atoms with Crippen molar-refractivity contribution in [2.24, 2.45) is 5.92 Å². The van der Waals surface area contributed by atoms with Gasteiger partial charge in [0.15, 0.2) is 0 Å². The number of piperidine rings is 1. The molecule has 0 atom stereocenters. The zero-order chi connectivity index (χ0) is 24.1. The summed E-state index contributed by atoms with van der Waals surface area (Å²) in [5, 5.41) is 4.55. The van der Waals surface area contributed by atoms with Crippen molar-refractivity contribution >= 4 is 23.8 Å². The van der Waals surface area contributed by atoms with E-state index in [4.69, 9.17) is 19.4 Å². The van der Waals surface area contributed by atoms with Crippen LogP contribution in [-0.2, 0) is 17.6 Å². The third-order valence-electron chi connectivity index (χ3n) is 6.23. The molecule has 1 saturated heterocycles. The van der Waals surface area contributed by atoms with Gasteiger partial charge in [0.25, 0.3) is 0 Å². The van der Waals surface area contributed by atoms with Gasteiger partial charge in [0.2, 0.25) is 5.95 Å². The lowest BCUT2D eigenvalue weighted by atomic mass is 9.97. The van der Waals surface area contributed by atoms with Crippen molar-refractivity contribution in [1.82, 2.24) is 14.9 Å². The number of nitrogens with zero attached hydrogens (tertiary/aromatic N) is 3. The van der Waals surface area contributed by atoms with Crippen LogP contribution in [-0.4, -0.2) is 53.3 Å². The van der Waals surface area contributed by atoms with Gasteiger partial charge in [-0.05, 0) is 89.5 Å². The van der Waals surface area contributed by atoms with Crippen molar-refractivity contribution < 1.29 is 14.3 Å². The maximum absolute atomic E-state index is 12.3. The number of hydrogen-bond acceptors (Lipinski definition) is 7. The van der Waals surface area contributed by atoms with E-state index in [9.17, 15) is 4.79 Å². The minimum Gasteiger partial charge on any atom is -0.497 e. The Morgan fingerprint density at radius 3 is 2.50 bits per heavy atom. The number of carbonyl (C=O) groups excluding carboxylic acids is 1. The Bertz CT molecular complexity index is 983. The molecule has 1 aromatic carbocycles. The molecule has 2 aliphatic rings. The zero-order valence-corrected chi connectivity index (χ0v) is 21.5. The first-order valence-electron chi connectivity index (χ1n) is 12.2. The van der Waals surface area contributed by atoms with Crippen molar-refractivity contribution in [2.75, 3.05) is 32.1 Å². The number of fused-ring (bicyclic) bond motifs is 1. The summed E-state index contributed by atoms with van der Waals surface area (Å²) in [7, 11) is 1.68. The largest absolute Gasteiger partial charge is 0.497 e. The Kier molecular flexibility index (Phi) is 7.86. The van der Waals surface area contributed by atoms with Gasteiger partial charge >= 0.3 is 6.09 Å². The predicted molar refractivity (Wildman–Crippen MR) is 135 cm³/mol. The molecular weight excluding hydrogens is 448 g/mol. The van der Waals surface area contributed by atoms with Crippen LogP contribution in [0.15, 0.2) is 34.2 Å². The van der Waals surface area contributed by atoms with Crippen LogP contribution in [0.5, 0.6) is 5.75 Å². The summed E-state index contributed by atoms with van der Waals surface area (Å²) >= 11 is 1.70. The van der Waals surface area contributed by atoms with E-state index in [2.05, 4.69) is 17.4 Å². The van der Waals surface area contributed by atoms with Crippen LogP contribution in [0.1, 0.15) is 57.7 Å². The van der Waals surface area contributed by atoms with Gasteiger partial charge in [0, 0.05) is 30.1 Å². The van der Waals surface area contributed by atoms with Crippen LogP contribution in [0.4, 0.5) is 10.7 Å². The van der Waals surface area contributed by atoms with E-state index < -0.39 is 5.60 Å². The van der Waals surface area contributed by atoms with Crippen molar-refractivity contribution in [1.29, 1.82) is 0 Å². The molecule has 0 saturated carbocycles. The lowest BCUT2D eigenvalue weighted by molar-refractivity contribution is 0.0188. The monoisotopic (exact) mass is 484 g/mol. The Morgan fingerprint density at radius 2 is 1.82 bits per heavy atom. The van der Waals surface area contributed by atoms with Crippen molar-refractivity contribution in [3.8, 4) is 5.75 Å². The second-order valence-electron chi connectivity index (χ2n) is 10.1. The number of hydrogen-bond donors (Lipinski definition) is 1. The predicted octanol–water partition coefficient (Wildman–Crippen LogP) is 5.57. The molecule has 2 heterocycles. The number of likely N-dealkylation sites (tertiary alicyclic amines) is 1. The van der Waals surface area contributed by atoms with Crippen molar-refractivity contribution in [3.05, 3.63) is 35.5 Å². The highest BCUT2D eigenvalue weighted by molar-refractivity contribution is 7.99. The number of ether oxygens (including phenoxy) is 2. The number of benzene rings is 1. The molecular formula is C26H36N4O3S. The fourth-order valence-corrected chi connectivity index (χ4v) is 5.33. The lowest BCUT2D eigenvalue weighted by Gasteiger charge is -2.33. The number of aromatic nitrogens is 2. The summed E-state index contributed by atoms with van der Waals surface area (Å²) < 4.78 is 10.8. The normalized spacial score (nSPS) is 16.6. The van der Waals surface area contributed by atoms with Gasteiger partial charge in [-0.15, -0.1) is 0 Å². The number of nitrogens with one attached hydrogen (secondary N) is 1. The summed E-state index contributed by atoms with van der Waals surface area (Å²) in [6.07, 6.45) is 6.11. The molecule has 8 heteroatoms. The molecule has 7 nitrogen and oxygen atoms in total. The minimum atomic E-state index is -0.458. The molecule has 2 aromatic rings. The van der Waals surface area contributed by atoms with Gasteiger partial charge in [-0.3, -0.25) is 0 Å². The summed E-state index contributed by atoms with van der Waals surface area (Å²) in [6.45, 7) is 7.98. The number of anilines is 1. The lowest BCUT2D eigenvalue weighted by Crippen LogP contribution is -2.42. The highest BCUT2D eigenvalue weighted by Gasteiger charge is 2.27. The smallest absolute Gasteiger partial charge is 0.410 e. The number of carbonyl (C=O) groups is 1. The fourth-order valence-electron chi connectivity index (χ4n) is 4.36. The minimum absolute atomic E-state index is 0.211. The van der Waals surface area contributed by atoms with Crippen LogP contribution < -0.4 is 10.1 Å². The molecule has 4 rings (SSSR count). The third kappa shape index (κ3) is 6.56. The number of methoxy groups -OCH3 is 1. The SMILES string of the molecule is COc1ccc(Sc2nc(NCC3CCN(C(=O)OC(C)(C)C)CC3)nc3c2CCCC3)cc1. The molecule has 1 fully saturated rings. The van der Waals surface area contributed by atoms with E-state index in [1.54, 1.807) is 18.9 Å². The van der Waals surface area contributed by atoms with Crippen LogP contribution in [0.2, 0.25) is 0 Å². The molecule has 1 N–H and O–H groups in total. The van der Waals surface area contributed by atoms with E-state index >= 15 is 0 Å². The molecule has 1 amide bonds. The van der Waals surface area contributed by atoms with E-state index in [-0.39, 0.29) is 6.09 Å². The average Bonchev–Trinajstić information content (AvgIpc) is 2.82. The summed E-state index contributed by atoms with van der Waals surface area (Å²) in [5.41, 5.74) is 2.02. The topological polar surface area (TPSA) is 76.6 Å². The van der Waals surface area contributed by atoms with E-state index in [1.165, 1.54) is 24.1 Å². The Labute approximate surface area is 207 Å². The zero-order valence-electron chi connectivity index (χ0n) is 20.7. The molecule has 34 heavy (non-hydrogen) atoms. The van der Waals surface area contributed by atoms with E-state index in [0.717, 1.165) is 61.0 Å². The molecule has 1 aromatic heterocycles. The second kappa shape index (κ2) is 10.8. The van der Waals surface area contributed by atoms with Gasteiger partial charge < -0.3 is 19.7 Å². The number of aryl methyl sites for hydroxylation is 1. The highest BCUT2D eigenvalue weighted by Crippen LogP contribution is 2.35. The fraction of sp³-hybridized carbons (Fsp3) is 0.577. The summed E-state index contributed by atoms with van der Waals surface area (Å²) in [6, 6.07) is 8.12. The maximum Gasteiger partial charge on any atom is 0.410 e. The summed E-state index contributed by atoms with van der Waals surface area (Å²) in [4.78, 5) is 25.1. The average molecular weight is 485 g/mol. The van der Waals surface area contributed by atoms with E-state index in [1.807, 2.05) is 37.8 Å². The first-order chi connectivity index (χ1) is 16.3. The standard InChI is InChI=1S/C26H36N4O3S/c1-26(2,3)33-25(31)30-15-13-18(14-16-30)17-27-24-28-22-8-6-5-7-21(22)23(29-24)34-20-11-9-19(32-4)10-12-20/h9-12,18H,5-8,13-17H2,1-4H3,(H,27,28,29). The molecule has 0 spiro atoms. The van der Waals surface area contributed by atoms with E-state index in [0.29, 0.717) is 11.9 Å². The molecule has 0 bridgehead atoms. The van der Waals surface area contributed by atoms with Crippen molar-refractivity contribution in [2.45, 2.75) is 74.8 Å². The second-order valence-corrected chi connectivity index (χ2v) is 11.1. The number of rotatable bonds is 6. The van der Waals surface area contributed by atoms with Gasteiger partial charge in [0.1, 0.15) is 16.4 Å². The maximum atomic E-state index is 12.3. The Hall–Kier alpha value is -2.48. The van der Waals surface area contributed by atoms with Gasteiger partial charge in [-0.2, -0.15) is 0 Å². The Balaban J connectivity index is 1.38. The Morgan fingerprint density at radius 1 is 1.12 bits per heavy atom. The van der Waals surface area contributed by atoms with Crippen LogP contribution in [0.25, 0.3) is 0 Å². The van der Waals surface area contributed by atoms with Crippen molar-refractivity contribution in [3.63, 3.8) is 0 Å². The summed E-state index contributed by atoms with van der Waals surface area (Å²) in [5.74, 6) is 2.05.